The summed E-state index contributed by atoms with van der Waals surface area (Å²) < 4.78 is 10.9. The van der Waals surface area contributed by atoms with E-state index in [-0.39, 0.29) is 6.29 Å². The molecule has 1 aromatic carbocycles. The third-order valence-electron chi connectivity index (χ3n) is 2.02. The van der Waals surface area contributed by atoms with Gasteiger partial charge in [-0.2, -0.15) is 0 Å². The van der Waals surface area contributed by atoms with Crippen molar-refractivity contribution in [2.45, 2.75) is 26.6 Å². The fraction of sp³-hybridized carbons (Fsp3) is 0.500. The lowest BCUT2D eigenvalue weighted by Gasteiger charge is -2.17. The van der Waals surface area contributed by atoms with Gasteiger partial charge in [-0.25, -0.2) is 0 Å². The van der Waals surface area contributed by atoms with Crippen molar-refractivity contribution in [2.75, 3.05) is 13.2 Å². The van der Waals surface area contributed by atoms with Crippen LogP contribution in [-0.2, 0) is 15.9 Å². The summed E-state index contributed by atoms with van der Waals surface area (Å²) in [6.45, 7) is 5.06. The van der Waals surface area contributed by atoms with Crippen LogP contribution in [0.3, 0.4) is 0 Å². The molecule has 16 heavy (non-hydrogen) atoms. The van der Waals surface area contributed by atoms with Gasteiger partial charge in [-0.05, 0) is 31.5 Å². The van der Waals surface area contributed by atoms with E-state index in [1.165, 1.54) is 0 Å². The molecule has 1 radical (unpaired) electrons. The van der Waals surface area contributed by atoms with Crippen LogP contribution in [0.15, 0.2) is 12.1 Å². The number of rotatable bonds is 6. The molecule has 2 nitrogen and oxygen atoms in total. The Hall–Kier alpha value is -0.280. The Morgan fingerprint density at radius 1 is 1.25 bits per heavy atom. The Labute approximate surface area is 106 Å². The van der Waals surface area contributed by atoms with Gasteiger partial charge < -0.3 is 9.47 Å². The molecule has 1 aromatic rings. The smallest absolute Gasteiger partial charge is 0.161 e. The van der Waals surface area contributed by atoms with E-state index < -0.39 is 0 Å². The zero-order valence-corrected chi connectivity index (χ0v) is 10.9. The minimum Gasteiger partial charge on any atom is -0.353 e. The molecule has 0 spiro atoms. The van der Waals surface area contributed by atoms with E-state index in [2.05, 4.69) is 6.07 Å². The van der Waals surface area contributed by atoms with Crippen LogP contribution in [0.1, 0.15) is 19.4 Å². The highest BCUT2D eigenvalue weighted by Gasteiger charge is 2.12. The molecule has 0 amide bonds. The Morgan fingerprint density at radius 3 is 2.44 bits per heavy atom. The summed E-state index contributed by atoms with van der Waals surface area (Å²) in [5.41, 5.74) is 0.890. The van der Waals surface area contributed by atoms with Crippen LogP contribution in [0.2, 0.25) is 10.0 Å². The first kappa shape index (κ1) is 13.8. The monoisotopic (exact) mass is 261 g/mol. The van der Waals surface area contributed by atoms with Crippen molar-refractivity contribution in [3.63, 3.8) is 0 Å². The van der Waals surface area contributed by atoms with Crippen LogP contribution >= 0.6 is 23.2 Å². The molecule has 0 aliphatic rings. The molecule has 4 heteroatoms. The average Bonchev–Trinajstić information content (AvgIpc) is 2.24. The van der Waals surface area contributed by atoms with E-state index in [4.69, 9.17) is 32.7 Å². The molecule has 0 aliphatic heterocycles. The van der Waals surface area contributed by atoms with E-state index in [1.54, 1.807) is 6.07 Å². The maximum absolute atomic E-state index is 6.02. The highest BCUT2D eigenvalue weighted by molar-refractivity contribution is 6.33. The maximum atomic E-state index is 6.02. The molecule has 0 fully saturated rings. The van der Waals surface area contributed by atoms with Crippen molar-refractivity contribution in [3.05, 3.63) is 33.8 Å². The van der Waals surface area contributed by atoms with Gasteiger partial charge >= 0.3 is 0 Å². The summed E-state index contributed by atoms with van der Waals surface area (Å²) in [4.78, 5) is 0. The van der Waals surface area contributed by atoms with Crippen LogP contribution in [0.5, 0.6) is 0 Å². The van der Waals surface area contributed by atoms with Gasteiger partial charge in [0.15, 0.2) is 6.29 Å². The zero-order valence-electron chi connectivity index (χ0n) is 9.43. The van der Waals surface area contributed by atoms with Gasteiger partial charge in [0.1, 0.15) is 0 Å². The lowest BCUT2D eigenvalue weighted by Crippen LogP contribution is -2.20. The molecule has 1 rings (SSSR count). The molecule has 0 N–H and O–H groups in total. The number of hydrogen-bond donors (Lipinski definition) is 0. The van der Waals surface area contributed by atoms with Crippen molar-refractivity contribution in [1.29, 1.82) is 0 Å². The van der Waals surface area contributed by atoms with Gasteiger partial charge in [0.05, 0.1) is 5.02 Å². The standard InChI is InChI=1S/C12H15Cl2O2/c1-3-15-12(16-4-2)8-9-7-10(13)5-6-11(9)14/h5,7,12H,3-4,8H2,1-2H3. The summed E-state index contributed by atoms with van der Waals surface area (Å²) in [5.74, 6) is 0. The first-order chi connectivity index (χ1) is 7.67. The van der Waals surface area contributed by atoms with Gasteiger partial charge in [-0.3, -0.25) is 0 Å². The first-order valence-corrected chi connectivity index (χ1v) is 6.01. The molecule has 0 aliphatic carbocycles. The van der Waals surface area contributed by atoms with Crippen molar-refractivity contribution >= 4 is 23.2 Å². The lowest BCUT2D eigenvalue weighted by atomic mass is 10.1. The number of hydrogen-bond acceptors (Lipinski definition) is 2. The number of halogens is 2. The predicted octanol–water partition coefficient (Wildman–Crippen LogP) is 3.74. The summed E-state index contributed by atoms with van der Waals surface area (Å²) in [7, 11) is 0. The third kappa shape index (κ3) is 4.30. The van der Waals surface area contributed by atoms with Crippen LogP contribution < -0.4 is 0 Å². The Kier molecular flexibility index (Phi) is 6.14. The molecule has 0 unspecified atom stereocenters. The maximum Gasteiger partial charge on any atom is 0.161 e. The molecule has 0 heterocycles. The second kappa shape index (κ2) is 7.13. The largest absolute Gasteiger partial charge is 0.353 e. The van der Waals surface area contributed by atoms with Crippen molar-refractivity contribution < 1.29 is 9.47 Å². The van der Waals surface area contributed by atoms with E-state index in [0.29, 0.717) is 29.7 Å². The highest BCUT2D eigenvalue weighted by atomic mass is 35.5. The van der Waals surface area contributed by atoms with Crippen LogP contribution in [-0.4, -0.2) is 19.5 Å². The van der Waals surface area contributed by atoms with Gasteiger partial charge in [-0.15, -0.1) is 0 Å². The van der Waals surface area contributed by atoms with Gasteiger partial charge in [0.2, 0.25) is 0 Å². The van der Waals surface area contributed by atoms with E-state index >= 15 is 0 Å². The summed E-state index contributed by atoms with van der Waals surface area (Å²) in [5, 5.41) is 1.18. The highest BCUT2D eigenvalue weighted by Crippen LogP contribution is 2.22. The van der Waals surface area contributed by atoms with Crippen LogP contribution in [0.25, 0.3) is 0 Å². The second-order valence-corrected chi connectivity index (χ2v) is 4.02. The predicted molar refractivity (Wildman–Crippen MR) is 66.0 cm³/mol. The fourth-order valence-electron chi connectivity index (χ4n) is 1.36. The zero-order chi connectivity index (χ0) is 12.0. The first-order valence-electron chi connectivity index (χ1n) is 5.26. The molecular formula is C12H15Cl2O2. The second-order valence-electron chi connectivity index (χ2n) is 3.20. The van der Waals surface area contributed by atoms with Crippen molar-refractivity contribution in [3.8, 4) is 0 Å². The van der Waals surface area contributed by atoms with Crippen LogP contribution in [0.4, 0.5) is 0 Å². The normalized spacial score (nSPS) is 11.1. The van der Waals surface area contributed by atoms with Crippen LogP contribution in [0, 0.1) is 6.07 Å². The summed E-state index contributed by atoms with van der Waals surface area (Å²) >= 11 is 11.9. The molecule has 89 valence electrons. The Bertz CT molecular complexity index is 323. The summed E-state index contributed by atoms with van der Waals surface area (Å²) in [6, 6.07) is 6.33. The quantitative estimate of drug-likeness (QED) is 0.727. The fourth-order valence-corrected chi connectivity index (χ4v) is 1.73. The van der Waals surface area contributed by atoms with E-state index in [0.717, 1.165) is 5.56 Å². The topological polar surface area (TPSA) is 18.5 Å². The van der Waals surface area contributed by atoms with E-state index in [1.807, 2.05) is 19.9 Å². The summed E-state index contributed by atoms with van der Waals surface area (Å²) in [6.07, 6.45) is 0.303. The van der Waals surface area contributed by atoms with Crippen molar-refractivity contribution in [1.82, 2.24) is 0 Å². The minimum atomic E-state index is -0.278. The SMILES string of the molecule is CCOC(Cc1cc(Cl)c[c]c1Cl)OCC. The number of benzene rings is 1. The molecule has 0 aromatic heterocycles. The molecule has 0 bridgehead atoms. The minimum absolute atomic E-state index is 0.278. The van der Waals surface area contributed by atoms with Crippen molar-refractivity contribution in [2.24, 2.45) is 0 Å². The third-order valence-corrected chi connectivity index (χ3v) is 2.59. The van der Waals surface area contributed by atoms with Gasteiger partial charge in [-0.1, -0.05) is 23.2 Å². The lowest BCUT2D eigenvalue weighted by molar-refractivity contribution is -0.134. The molecule has 0 saturated heterocycles. The Balaban J connectivity index is 2.71. The van der Waals surface area contributed by atoms with E-state index in [9.17, 15) is 0 Å². The molecule has 0 atom stereocenters. The Morgan fingerprint density at radius 2 is 1.88 bits per heavy atom. The molecular weight excluding hydrogens is 247 g/mol. The average molecular weight is 262 g/mol. The van der Waals surface area contributed by atoms with Gasteiger partial charge in [0, 0.05) is 30.7 Å². The van der Waals surface area contributed by atoms with Gasteiger partial charge in [0.25, 0.3) is 0 Å². The number of ether oxygens (including phenoxy) is 2. The molecule has 0 saturated carbocycles.